The van der Waals surface area contributed by atoms with Gasteiger partial charge in [0, 0.05) is 57.5 Å². The van der Waals surface area contributed by atoms with Crippen molar-refractivity contribution in [2.24, 2.45) is 0 Å². The quantitative estimate of drug-likeness (QED) is 0.738. The van der Waals surface area contributed by atoms with Crippen LogP contribution in [0.4, 0.5) is 5.82 Å². The van der Waals surface area contributed by atoms with Crippen molar-refractivity contribution in [2.75, 3.05) is 58.3 Å². The van der Waals surface area contributed by atoms with Gasteiger partial charge < -0.3 is 15.0 Å². The van der Waals surface area contributed by atoms with E-state index in [1.54, 1.807) is 16.4 Å². The maximum atomic E-state index is 12.9. The number of pyridine rings is 1. The molecule has 1 aromatic heterocycles. The molecule has 3 heterocycles. The van der Waals surface area contributed by atoms with Gasteiger partial charge in [-0.1, -0.05) is 24.3 Å². The van der Waals surface area contributed by atoms with Gasteiger partial charge in [0.2, 0.25) is 10.0 Å². The number of piperazine rings is 1. The third-order valence-electron chi connectivity index (χ3n) is 6.61. The molecule has 8 heteroatoms. The van der Waals surface area contributed by atoms with Crippen LogP contribution in [0, 0.1) is 6.92 Å². The van der Waals surface area contributed by atoms with E-state index in [1.165, 1.54) is 17.3 Å². The zero-order valence-electron chi connectivity index (χ0n) is 18.4. The van der Waals surface area contributed by atoms with Gasteiger partial charge in [-0.25, -0.2) is 13.4 Å². The van der Waals surface area contributed by atoms with Crippen molar-refractivity contribution in [1.82, 2.24) is 14.2 Å². The Balaban J connectivity index is 1.48. The lowest BCUT2D eigenvalue weighted by atomic mass is 9.72. The van der Waals surface area contributed by atoms with Crippen molar-refractivity contribution in [3.05, 3.63) is 53.7 Å². The number of hydrogen-bond acceptors (Lipinski definition) is 6. The van der Waals surface area contributed by atoms with Gasteiger partial charge in [-0.15, -0.1) is 0 Å². The highest BCUT2D eigenvalue weighted by Crippen LogP contribution is 2.36. The molecule has 4 rings (SSSR count). The van der Waals surface area contributed by atoms with Gasteiger partial charge in [0.1, 0.15) is 10.7 Å². The van der Waals surface area contributed by atoms with Gasteiger partial charge in [-0.05, 0) is 50.1 Å². The van der Waals surface area contributed by atoms with Gasteiger partial charge in [0.05, 0.1) is 0 Å². The summed E-state index contributed by atoms with van der Waals surface area (Å²) in [5.74, 6) is 0.691. The standard InChI is InChI=1S/C23H32N4O3S/c1-19-5-3-4-6-21(19)23(9-15-30-16-10-23)18-25-22-8-7-20(17-24-22)31(28,29)27-13-11-26(2)12-14-27/h3-8,17H,9-16,18H2,1-2H3,(H,24,25). The molecule has 7 nitrogen and oxygen atoms in total. The Hall–Kier alpha value is -2.00. The van der Waals surface area contributed by atoms with E-state index in [-0.39, 0.29) is 10.3 Å². The molecule has 0 spiro atoms. The van der Waals surface area contributed by atoms with Gasteiger partial charge in [-0.3, -0.25) is 0 Å². The van der Waals surface area contributed by atoms with Gasteiger partial charge in [0.15, 0.2) is 0 Å². The minimum Gasteiger partial charge on any atom is -0.381 e. The zero-order valence-corrected chi connectivity index (χ0v) is 19.2. The first kappa shape index (κ1) is 22.2. The fourth-order valence-corrected chi connectivity index (χ4v) is 5.91. The molecule has 0 saturated carbocycles. The zero-order chi connectivity index (χ0) is 21.9. The first-order valence-corrected chi connectivity index (χ1v) is 12.4. The van der Waals surface area contributed by atoms with Crippen molar-refractivity contribution < 1.29 is 13.2 Å². The van der Waals surface area contributed by atoms with E-state index < -0.39 is 10.0 Å². The highest BCUT2D eigenvalue weighted by molar-refractivity contribution is 7.89. The maximum absolute atomic E-state index is 12.9. The summed E-state index contributed by atoms with van der Waals surface area (Å²) in [5.41, 5.74) is 2.61. The molecule has 2 aliphatic heterocycles. The third kappa shape index (κ3) is 4.77. The van der Waals surface area contributed by atoms with Crippen LogP contribution in [-0.2, 0) is 20.2 Å². The van der Waals surface area contributed by atoms with E-state index in [1.807, 2.05) is 7.05 Å². The number of nitrogens with zero attached hydrogens (tertiary/aromatic N) is 3. The fourth-order valence-electron chi connectivity index (χ4n) is 4.55. The van der Waals surface area contributed by atoms with Gasteiger partial charge in [-0.2, -0.15) is 4.31 Å². The second-order valence-corrected chi connectivity index (χ2v) is 10.6. The lowest BCUT2D eigenvalue weighted by Gasteiger charge is -2.39. The predicted molar refractivity (Wildman–Crippen MR) is 122 cm³/mol. The molecule has 1 aromatic carbocycles. The average molecular weight is 445 g/mol. The summed E-state index contributed by atoms with van der Waals surface area (Å²) in [5, 5.41) is 3.46. The van der Waals surface area contributed by atoms with Crippen molar-refractivity contribution >= 4 is 15.8 Å². The number of benzene rings is 1. The summed E-state index contributed by atoms with van der Waals surface area (Å²) in [6.45, 7) is 6.90. The fraction of sp³-hybridized carbons (Fsp3) is 0.522. The second-order valence-electron chi connectivity index (χ2n) is 8.65. The number of anilines is 1. The molecule has 0 radical (unpaired) electrons. The van der Waals surface area contributed by atoms with E-state index >= 15 is 0 Å². The van der Waals surface area contributed by atoms with E-state index in [4.69, 9.17) is 4.74 Å². The van der Waals surface area contributed by atoms with Gasteiger partial charge >= 0.3 is 0 Å². The van der Waals surface area contributed by atoms with Crippen LogP contribution in [0.2, 0.25) is 0 Å². The number of aromatic nitrogens is 1. The van der Waals surface area contributed by atoms with Crippen LogP contribution in [0.5, 0.6) is 0 Å². The number of rotatable bonds is 6. The number of hydrogen-bond donors (Lipinski definition) is 1. The molecule has 0 bridgehead atoms. The molecule has 2 fully saturated rings. The Morgan fingerprint density at radius 1 is 1.06 bits per heavy atom. The minimum absolute atomic E-state index is 0.0180. The van der Waals surface area contributed by atoms with Crippen LogP contribution in [0.15, 0.2) is 47.5 Å². The summed E-state index contributed by atoms with van der Waals surface area (Å²) >= 11 is 0. The number of likely N-dealkylation sites (N-methyl/N-ethyl adjacent to an activating group) is 1. The summed E-state index contributed by atoms with van der Waals surface area (Å²) in [6.07, 6.45) is 3.36. The van der Waals surface area contributed by atoms with Crippen LogP contribution in [0.3, 0.4) is 0 Å². The third-order valence-corrected chi connectivity index (χ3v) is 8.49. The minimum atomic E-state index is -3.50. The van der Waals surface area contributed by atoms with E-state index in [9.17, 15) is 8.42 Å². The lowest BCUT2D eigenvalue weighted by Crippen LogP contribution is -2.47. The molecule has 0 aliphatic carbocycles. The normalized spacial score (nSPS) is 20.5. The largest absolute Gasteiger partial charge is 0.381 e. The van der Waals surface area contributed by atoms with Crippen LogP contribution in [0.1, 0.15) is 24.0 Å². The predicted octanol–water partition coefficient (Wildman–Crippen LogP) is 2.49. The Morgan fingerprint density at radius 3 is 2.42 bits per heavy atom. The van der Waals surface area contributed by atoms with Crippen LogP contribution < -0.4 is 5.32 Å². The molecule has 31 heavy (non-hydrogen) atoms. The molecule has 0 atom stereocenters. The Morgan fingerprint density at radius 2 is 1.77 bits per heavy atom. The first-order valence-electron chi connectivity index (χ1n) is 10.9. The molecule has 168 valence electrons. The smallest absolute Gasteiger partial charge is 0.244 e. The summed E-state index contributed by atoms with van der Waals surface area (Å²) < 4.78 is 33.0. The van der Waals surface area contributed by atoms with E-state index in [2.05, 4.69) is 46.4 Å². The van der Waals surface area contributed by atoms with Crippen LogP contribution in [-0.4, -0.2) is 75.6 Å². The Labute approximate surface area is 185 Å². The van der Waals surface area contributed by atoms with Crippen molar-refractivity contribution in [1.29, 1.82) is 0 Å². The van der Waals surface area contributed by atoms with Crippen LogP contribution >= 0.6 is 0 Å². The van der Waals surface area contributed by atoms with Crippen molar-refractivity contribution in [3.63, 3.8) is 0 Å². The lowest BCUT2D eigenvalue weighted by molar-refractivity contribution is 0.0541. The molecular formula is C23H32N4O3S. The topological polar surface area (TPSA) is 74.8 Å². The number of ether oxygens (including phenoxy) is 1. The molecule has 2 aromatic rings. The molecule has 2 aliphatic rings. The Bertz CT molecular complexity index is 980. The summed E-state index contributed by atoms with van der Waals surface area (Å²) in [4.78, 5) is 6.82. The number of nitrogens with one attached hydrogen (secondary N) is 1. The second kappa shape index (κ2) is 9.24. The van der Waals surface area contributed by atoms with Crippen LogP contribution in [0.25, 0.3) is 0 Å². The summed E-state index contributed by atoms with van der Waals surface area (Å²) in [6, 6.07) is 12.0. The highest BCUT2D eigenvalue weighted by atomic mass is 32.2. The molecule has 1 N–H and O–H groups in total. The highest BCUT2D eigenvalue weighted by Gasteiger charge is 2.35. The Kier molecular flexibility index (Phi) is 6.62. The molecule has 2 saturated heterocycles. The van der Waals surface area contributed by atoms with Crippen molar-refractivity contribution in [3.8, 4) is 0 Å². The van der Waals surface area contributed by atoms with E-state index in [0.29, 0.717) is 18.9 Å². The van der Waals surface area contributed by atoms with Gasteiger partial charge in [0.25, 0.3) is 0 Å². The SMILES string of the molecule is Cc1ccccc1C1(CNc2ccc(S(=O)(=O)N3CCN(C)CC3)cn2)CCOCC1. The molecular weight excluding hydrogens is 412 g/mol. The first-order chi connectivity index (χ1) is 14.9. The van der Waals surface area contributed by atoms with E-state index in [0.717, 1.165) is 45.7 Å². The molecule has 0 unspecified atom stereocenters. The number of sulfonamides is 1. The summed E-state index contributed by atoms with van der Waals surface area (Å²) in [7, 11) is -1.49. The maximum Gasteiger partial charge on any atom is 0.244 e. The number of aryl methyl sites for hydroxylation is 1. The average Bonchev–Trinajstić information content (AvgIpc) is 2.79. The van der Waals surface area contributed by atoms with Crippen molar-refractivity contribution in [2.45, 2.75) is 30.1 Å². The molecule has 0 amide bonds. The monoisotopic (exact) mass is 444 g/mol.